The summed E-state index contributed by atoms with van der Waals surface area (Å²) in [5, 5.41) is 11.1. The first-order valence-electron chi connectivity index (χ1n) is 11.5. The highest BCUT2D eigenvalue weighted by atomic mass is 35.5. The molecule has 0 fully saturated rings. The maximum atomic E-state index is 13.1. The summed E-state index contributed by atoms with van der Waals surface area (Å²) < 4.78 is 1.72. The second-order valence-corrected chi connectivity index (χ2v) is 10.2. The molecule has 1 aromatic heterocycles. The number of rotatable bonds is 7. The van der Waals surface area contributed by atoms with Crippen molar-refractivity contribution in [1.29, 1.82) is 0 Å². The molecule has 0 aliphatic heterocycles. The minimum atomic E-state index is -0.459. The zero-order chi connectivity index (χ0) is 25.8. The number of hydrogen-bond donors (Lipinski definition) is 2. The Kier molecular flexibility index (Phi) is 8.46. The second kappa shape index (κ2) is 11.1. The van der Waals surface area contributed by atoms with Gasteiger partial charge in [0.05, 0.1) is 27.1 Å². The van der Waals surface area contributed by atoms with Crippen LogP contribution in [-0.2, 0) is 10.2 Å². The van der Waals surface area contributed by atoms with Crippen molar-refractivity contribution in [1.82, 2.24) is 14.7 Å². The molecule has 2 N–H and O–H groups in total. The van der Waals surface area contributed by atoms with Crippen LogP contribution in [0.2, 0.25) is 10.0 Å². The number of benzene rings is 2. The topological polar surface area (TPSA) is 79.3 Å². The molecule has 3 amide bonds. The van der Waals surface area contributed by atoms with E-state index in [2.05, 4.69) is 31.4 Å². The van der Waals surface area contributed by atoms with Crippen molar-refractivity contribution in [2.24, 2.45) is 0 Å². The molecule has 35 heavy (non-hydrogen) atoms. The van der Waals surface area contributed by atoms with E-state index in [0.29, 0.717) is 34.5 Å². The van der Waals surface area contributed by atoms with Crippen molar-refractivity contribution in [3.05, 3.63) is 69.8 Å². The van der Waals surface area contributed by atoms with Crippen molar-refractivity contribution in [3.63, 3.8) is 0 Å². The molecule has 9 heteroatoms. The third kappa shape index (κ3) is 6.77. The predicted octanol–water partition coefficient (Wildman–Crippen LogP) is 6.67. The molecule has 0 radical (unpaired) electrons. The molecular weight excluding hydrogens is 485 g/mol. The lowest BCUT2D eigenvalue weighted by atomic mass is 9.92. The number of urea groups is 1. The van der Waals surface area contributed by atoms with Gasteiger partial charge in [-0.2, -0.15) is 5.10 Å². The van der Waals surface area contributed by atoms with E-state index in [9.17, 15) is 9.59 Å². The fourth-order valence-corrected chi connectivity index (χ4v) is 3.97. The Hall–Kier alpha value is -3.03. The number of amides is 3. The molecule has 7 nitrogen and oxygen atoms in total. The molecule has 0 spiro atoms. The van der Waals surface area contributed by atoms with Gasteiger partial charge in [0.1, 0.15) is 12.4 Å². The Balaban J connectivity index is 1.82. The molecular formula is C26H31Cl2N5O2. The van der Waals surface area contributed by atoms with Crippen LogP contribution in [0.1, 0.15) is 45.4 Å². The monoisotopic (exact) mass is 515 g/mol. The number of carbonyl (C=O) groups excluding carboxylic acids is 2. The van der Waals surface area contributed by atoms with Crippen molar-refractivity contribution >= 4 is 46.6 Å². The van der Waals surface area contributed by atoms with Gasteiger partial charge in [0.15, 0.2) is 0 Å². The van der Waals surface area contributed by atoms with Gasteiger partial charge in [-0.05, 0) is 43.2 Å². The highest BCUT2D eigenvalue weighted by Crippen LogP contribution is 2.30. The second-order valence-electron chi connectivity index (χ2n) is 9.41. The van der Waals surface area contributed by atoms with Gasteiger partial charge in [-0.15, -0.1) is 0 Å². The lowest BCUT2D eigenvalue weighted by molar-refractivity contribution is -0.116. The largest absolute Gasteiger partial charge is 0.322 e. The summed E-state index contributed by atoms with van der Waals surface area (Å²) in [5.74, 6) is 0.199. The van der Waals surface area contributed by atoms with Crippen LogP contribution < -0.4 is 10.6 Å². The molecule has 3 rings (SSSR count). The summed E-state index contributed by atoms with van der Waals surface area (Å²) in [5.41, 5.74) is 2.86. The summed E-state index contributed by atoms with van der Waals surface area (Å²) in [6.07, 6.45) is 0.673. The number of para-hydroxylation sites is 1. The van der Waals surface area contributed by atoms with Crippen LogP contribution in [0.5, 0.6) is 0 Å². The molecule has 1 heterocycles. The Bertz CT molecular complexity index is 1200. The van der Waals surface area contributed by atoms with Crippen LogP contribution in [0.3, 0.4) is 0 Å². The van der Waals surface area contributed by atoms with E-state index in [1.165, 1.54) is 4.90 Å². The smallest absolute Gasteiger partial charge is 0.315 e. The molecule has 2 aromatic carbocycles. The average molecular weight is 516 g/mol. The molecule has 186 valence electrons. The van der Waals surface area contributed by atoms with Crippen LogP contribution in [-0.4, -0.2) is 39.7 Å². The van der Waals surface area contributed by atoms with E-state index >= 15 is 0 Å². The Morgan fingerprint density at radius 1 is 1.03 bits per heavy atom. The molecule has 0 bridgehead atoms. The van der Waals surface area contributed by atoms with Gasteiger partial charge in [-0.1, -0.05) is 69.1 Å². The maximum absolute atomic E-state index is 13.1. The molecule has 0 aliphatic rings. The number of hydrogen-bond acceptors (Lipinski definition) is 3. The van der Waals surface area contributed by atoms with Crippen molar-refractivity contribution in [3.8, 4) is 5.69 Å². The highest BCUT2D eigenvalue weighted by Gasteiger charge is 2.23. The number of aryl methyl sites for hydroxylation is 1. The molecule has 0 unspecified atom stereocenters. The first-order valence-corrected chi connectivity index (χ1v) is 12.2. The summed E-state index contributed by atoms with van der Waals surface area (Å²) >= 11 is 12.4. The van der Waals surface area contributed by atoms with Crippen molar-refractivity contribution in [2.75, 3.05) is 23.7 Å². The van der Waals surface area contributed by atoms with Crippen LogP contribution in [0, 0.1) is 6.92 Å². The number of halogens is 2. The van der Waals surface area contributed by atoms with Gasteiger partial charge >= 0.3 is 6.03 Å². The lowest BCUT2D eigenvalue weighted by Gasteiger charge is -2.23. The fourth-order valence-electron chi connectivity index (χ4n) is 3.47. The fraction of sp³-hybridized carbons (Fsp3) is 0.346. The zero-order valence-corrected chi connectivity index (χ0v) is 22.2. The number of carbonyl (C=O) groups is 2. The Morgan fingerprint density at radius 2 is 1.69 bits per heavy atom. The van der Waals surface area contributed by atoms with Crippen molar-refractivity contribution < 1.29 is 9.59 Å². The number of nitrogens with zero attached hydrogens (tertiary/aromatic N) is 3. The lowest BCUT2D eigenvalue weighted by Crippen LogP contribution is -2.41. The summed E-state index contributed by atoms with van der Waals surface area (Å²) in [6, 6.07) is 14.3. The van der Waals surface area contributed by atoms with Crippen LogP contribution in [0.15, 0.2) is 48.5 Å². The summed E-state index contributed by atoms with van der Waals surface area (Å²) in [7, 11) is 0. The first kappa shape index (κ1) is 26.6. The molecule has 0 aliphatic carbocycles. The molecule has 3 aromatic rings. The van der Waals surface area contributed by atoms with Crippen LogP contribution in [0.4, 0.5) is 16.3 Å². The third-order valence-corrected chi connectivity index (χ3v) is 5.93. The maximum Gasteiger partial charge on any atom is 0.322 e. The van der Waals surface area contributed by atoms with Crippen molar-refractivity contribution in [2.45, 2.75) is 46.5 Å². The standard InChI is InChI=1S/C26H31Cl2N5O2/c1-6-13-32(25(35)30-24-19(27)11-8-12-20(24)28)16-23(34)29-22-15-21(26(3,4)5)31-33(22)18-10-7-9-17(2)14-18/h7-12,14-15H,6,13,16H2,1-5H3,(H,29,34)(H,30,35). The van der Waals surface area contributed by atoms with E-state index in [-0.39, 0.29) is 17.9 Å². The van der Waals surface area contributed by atoms with Gasteiger partial charge in [-0.3, -0.25) is 4.79 Å². The first-order chi connectivity index (χ1) is 16.5. The number of aromatic nitrogens is 2. The third-order valence-electron chi connectivity index (χ3n) is 5.30. The predicted molar refractivity (Wildman–Crippen MR) is 143 cm³/mol. The number of nitrogens with one attached hydrogen (secondary N) is 2. The molecule has 0 saturated carbocycles. The normalized spacial score (nSPS) is 11.3. The molecule has 0 saturated heterocycles. The summed E-state index contributed by atoms with van der Waals surface area (Å²) in [6.45, 7) is 10.4. The van der Waals surface area contributed by atoms with Gasteiger partial charge in [0.2, 0.25) is 5.91 Å². The SMILES string of the molecule is CCCN(CC(=O)Nc1cc(C(C)(C)C)nn1-c1cccc(C)c1)C(=O)Nc1c(Cl)cccc1Cl. The molecule has 0 atom stereocenters. The quantitative estimate of drug-likeness (QED) is 0.368. The van der Waals surface area contributed by atoms with Gasteiger partial charge in [0, 0.05) is 18.0 Å². The Labute approximate surface area is 216 Å². The average Bonchev–Trinajstić information content (AvgIpc) is 3.20. The van der Waals surface area contributed by atoms with E-state index in [0.717, 1.165) is 16.9 Å². The minimum absolute atomic E-state index is 0.147. The van der Waals surface area contributed by atoms with E-state index < -0.39 is 6.03 Å². The number of anilines is 2. The minimum Gasteiger partial charge on any atom is -0.315 e. The van der Waals surface area contributed by atoms with E-state index in [4.69, 9.17) is 28.3 Å². The van der Waals surface area contributed by atoms with Gasteiger partial charge in [0.25, 0.3) is 0 Å². The summed E-state index contributed by atoms with van der Waals surface area (Å²) in [4.78, 5) is 27.5. The zero-order valence-electron chi connectivity index (χ0n) is 20.7. The van der Waals surface area contributed by atoms with E-state index in [1.54, 1.807) is 22.9 Å². The highest BCUT2D eigenvalue weighted by molar-refractivity contribution is 6.39. The van der Waals surface area contributed by atoms with Crippen LogP contribution >= 0.6 is 23.2 Å². The van der Waals surface area contributed by atoms with Gasteiger partial charge < -0.3 is 15.5 Å². The van der Waals surface area contributed by atoms with E-state index in [1.807, 2.05) is 44.2 Å². The van der Waals surface area contributed by atoms with Crippen LogP contribution in [0.25, 0.3) is 5.69 Å². The van der Waals surface area contributed by atoms with Gasteiger partial charge in [-0.25, -0.2) is 9.48 Å². The Morgan fingerprint density at radius 3 is 2.29 bits per heavy atom.